The maximum Gasteiger partial charge on any atom is 0.390 e. The number of aliphatic hydroxyl groups is 1. The van der Waals surface area contributed by atoms with E-state index in [2.05, 4.69) is 20.2 Å². The van der Waals surface area contributed by atoms with Crippen molar-refractivity contribution >= 4 is 23.2 Å². The van der Waals surface area contributed by atoms with Crippen LogP contribution in [0.5, 0.6) is 0 Å². The molecular weight excluding hydrogens is 510 g/mol. The van der Waals surface area contributed by atoms with E-state index in [1.807, 2.05) is 0 Å². The molecule has 0 amide bonds. The second-order valence-electron chi connectivity index (χ2n) is 7.62. The van der Waals surface area contributed by atoms with Gasteiger partial charge in [-0.05, 0) is 37.3 Å². The predicted octanol–water partition coefficient (Wildman–Crippen LogP) is 4.05. The standard InChI is InChI=1S/C21H18Cl2F3N7O2/c1-12(34)18-28-17(29-33(18)16-8-15(23)9-27-10-16)11-32-20(35)31(7-6-21(24,25)26)19(30-32)13-2-4-14(22)5-3-13/h2-5,8-10,12,34H,6-7,11H2,1H3. The van der Waals surface area contributed by atoms with Crippen LogP contribution in [0.4, 0.5) is 13.2 Å². The van der Waals surface area contributed by atoms with Gasteiger partial charge in [0.1, 0.15) is 12.6 Å². The Kier molecular flexibility index (Phi) is 6.97. The molecule has 1 aromatic carbocycles. The van der Waals surface area contributed by atoms with E-state index in [0.29, 0.717) is 21.3 Å². The Balaban J connectivity index is 1.74. The number of nitrogens with zero attached hydrogens (tertiary/aromatic N) is 7. The third-order valence-electron chi connectivity index (χ3n) is 4.92. The molecular formula is C21H18Cl2F3N7O2. The zero-order chi connectivity index (χ0) is 25.3. The summed E-state index contributed by atoms with van der Waals surface area (Å²) in [6.45, 7) is 0.618. The number of rotatable bonds is 7. The fourth-order valence-electron chi connectivity index (χ4n) is 3.34. The molecule has 1 atom stereocenters. The molecule has 0 aliphatic heterocycles. The molecule has 3 aromatic heterocycles. The van der Waals surface area contributed by atoms with Crippen molar-refractivity contribution in [3.63, 3.8) is 0 Å². The molecule has 0 saturated heterocycles. The van der Waals surface area contributed by atoms with E-state index in [0.717, 1.165) is 9.25 Å². The van der Waals surface area contributed by atoms with Crippen LogP contribution in [0.2, 0.25) is 10.0 Å². The zero-order valence-corrected chi connectivity index (χ0v) is 19.6. The topological polar surface area (TPSA) is 104 Å². The molecule has 35 heavy (non-hydrogen) atoms. The van der Waals surface area contributed by atoms with E-state index in [9.17, 15) is 23.1 Å². The summed E-state index contributed by atoms with van der Waals surface area (Å²) in [5.74, 6) is 0.308. The van der Waals surface area contributed by atoms with Gasteiger partial charge in [0, 0.05) is 23.3 Å². The van der Waals surface area contributed by atoms with Crippen molar-refractivity contribution in [3.8, 4) is 17.1 Å². The minimum atomic E-state index is -4.46. The number of alkyl halides is 3. The number of hydrogen-bond acceptors (Lipinski definition) is 6. The first-order valence-electron chi connectivity index (χ1n) is 10.3. The maximum atomic E-state index is 13.0. The molecule has 1 unspecified atom stereocenters. The third kappa shape index (κ3) is 5.72. The van der Waals surface area contributed by atoms with E-state index in [1.165, 1.54) is 24.0 Å². The van der Waals surface area contributed by atoms with Gasteiger partial charge in [0.2, 0.25) is 0 Å². The lowest BCUT2D eigenvalue weighted by Gasteiger charge is -2.08. The predicted molar refractivity (Wildman–Crippen MR) is 122 cm³/mol. The Hall–Kier alpha value is -3.22. The van der Waals surface area contributed by atoms with Crippen molar-refractivity contribution in [1.29, 1.82) is 0 Å². The number of pyridine rings is 1. The van der Waals surface area contributed by atoms with Crippen molar-refractivity contribution in [2.45, 2.75) is 38.7 Å². The minimum Gasteiger partial charge on any atom is -0.385 e. The molecule has 0 aliphatic carbocycles. The fraction of sp³-hybridized carbons (Fsp3) is 0.286. The van der Waals surface area contributed by atoms with Gasteiger partial charge in [0.15, 0.2) is 17.5 Å². The summed E-state index contributed by atoms with van der Waals surface area (Å²) in [6, 6.07) is 7.78. The molecule has 4 rings (SSSR count). The smallest absolute Gasteiger partial charge is 0.385 e. The van der Waals surface area contributed by atoms with Crippen LogP contribution in [-0.2, 0) is 13.1 Å². The second kappa shape index (κ2) is 9.80. The average Bonchev–Trinajstić information content (AvgIpc) is 3.34. The number of benzene rings is 1. The van der Waals surface area contributed by atoms with Crippen molar-refractivity contribution in [3.05, 3.63) is 74.9 Å². The fourth-order valence-corrected chi connectivity index (χ4v) is 3.64. The van der Waals surface area contributed by atoms with Crippen LogP contribution in [0, 0.1) is 0 Å². The van der Waals surface area contributed by atoms with Crippen LogP contribution in [0.3, 0.4) is 0 Å². The molecule has 14 heteroatoms. The van der Waals surface area contributed by atoms with Crippen molar-refractivity contribution in [2.75, 3.05) is 0 Å². The molecule has 9 nitrogen and oxygen atoms in total. The highest BCUT2D eigenvalue weighted by Crippen LogP contribution is 2.24. The van der Waals surface area contributed by atoms with Crippen LogP contribution >= 0.6 is 23.2 Å². The van der Waals surface area contributed by atoms with Crippen molar-refractivity contribution in [1.82, 2.24) is 34.1 Å². The normalized spacial score (nSPS) is 12.8. The average molecular weight is 528 g/mol. The van der Waals surface area contributed by atoms with Gasteiger partial charge in [0.25, 0.3) is 0 Å². The second-order valence-corrected chi connectivity index (χ2v) is 8.50. The molecule has 0 fully saturated rings. The first-order chi connectivity index (χ1) is 16.5. The van der Waals surface area contributed by atoms with Crippen LogP contribution < -0.4 is 5.69 Å². The van der Waals surface area contributed by atoms with Gasteiger partial charge in [-0.1, -0.05) is 23.2 Å². The van der Waals surface area contributed by atoms with E-state index >= 15 is 0 Å². The van der Waals surface area contributed by atoms with Crippen LogP contribution in [0.25, 0.3) is 17.1 Å². The third-order valence-corrected chi connectivity index (χ3v) is 5.38. The van der Waals surface area contributed by atoms with E-state index in [1.54, 1.807) is 30.3 Å². The van der Waals surface area contributed by atoms with Gasteiger partial charge in [-0.3, -0.25) is 9.55 Å². The molecule has 0 saturated carbocycles. The van der Waals surface area contributed by atoms with E-state index in [4.69, 9.17) is 23.2 Å². The molecule has 184 valence electrons. The summed E-state index contributed by atoms with van der Waals surface area (Å²) in [5, 5.41) is 19.5. The summed E-state index contributed by atoms with van der Waals surface area (Å²) in [5.41, 5.74) is 0.0798. The van der Waals surface area contributed by atoms with Gasteiger partial charge < -0.3 is 5.11 Å². The van der Waals surface area contributed by atoms with Gasteiger partial charge >= 0.3 is 11.9 Å². The van der Waals surface area contributed by atoms with E-state index in [-0.39, 0.29) is 24.0 Å². The first-order valence-corrected chi connectivity index (χ1v) is 11.0. The summed E-state index contributed by atoms with van der Waals surface area (Å²) < 4.78 is 42.0. The summed E-state index contributed by atoms with van der Waals surface area (Å²) in [6.07, 6.45) is -3.81. The Labute approximate surface area is 206 Å². The van der Waals surface area contributed by atoms with Crippen molar-refractivity contribution < 1.29 is 18.3 Å². The SMILES string of the molecule is CC(O)c1nc(Cn2nc(-c3ccc(Cl)cc3)n(CCC(F)(F)F)c2=O)nn1-c1cncc(Cl)c1. The van der Waals surface area contributed by atoms with Crippen LogP contribution in [0.1, 0.15) is 31.1 Å². The Morgan fingerprint density at radius 3 is 2.43 bits per heavy atom. The number of aliphatic hydroxyl groups excluding tert-OH is 1. The van der Waals surface area contributed by atoms with Crippen molar-refractivity contribution in [2.24, 2.45) is 0 Å². The van der Waals surface area contributed by atoms with Gasteiger partial charge in [0.05, 0.1) is 23.3 Å². The van der Waals surface area contributed by atoms with Gasteiger partial charge in [-0.2, -0.15) is 13.2 Å². The quantitative estimate of drug-likeness (QED) is 0.388. The molecule has 0 spiro atoms. The molecule has 0 radical (unpaired) electrons. The lowest BCUT2D eigenvalue weighted by molar-refractivity contribution is -0.136. The Morgan fingerprint density at radius 2 is 1.80 bits per heavy atom. The highest BCUT2D eigenvalue weighted by Gasteiger charge is 2.29. The summed E-state index contributed by atoms with van der Waals surface area (Å²) >= 11 is 11.9. The summed E-state index contributed by atoms with van der Waals surface area (Å²) in [7, 11) is 0. The minimum absolute atomic E-state index is 0.0464. The first kappa shape index (κ1) is 24.9. The summed E-state index contributed by atoms with van der Waals surface area (Å²) in [4.78, 5) is 21.3. The van der Waals surface area contributed by atoms with E-state index < -0.39 is 30.9 Å². The molecule has 4 aromatic rings. The van der Waals surface area contributed by atoms with Crippen LogP contribution in [0.15, 0.2) is 47.5 Å². The molecule has 0 aliphatic rings. The van der Waals surface area contributed by atoms with Gasteiger partial charge in [-0.15, -0.1) is 10.2 Å². The molecule has 0 bridgehead atoms. The Morgan fingerprint density at radius 1 is 1.09 bits per heavy atom. The number of halogens is 5. The molecule has 1 N–H and O–H groups in total. The zero-order valence-electron chi connectivity index (χ0n) is 18.1. The largest absolute Gasteiger partial charge is 0.390 e. The highest BCUT2D eigenvalue weighted by atomic mass is 35.5. The number of hydrogen-bond donors (Lipinski definition) is 1. The lowest BCUT2D eigenvalue weighted by atomic mass is 10.2. The Bertz CT molecular complexity index is 1400. The monoisotopic (exact) mass is 527 g/mol. The number of aromatic nitrogens is 7. The lowest BCUT2D eigenvalue weighted by Crippen LogP contribution is -2.27. The van der Waals surface area contributed by atoms with Gasteiger partial charge in [-0.25, -0.2) is 19.1 Å². The molecule has 3 heterocycles. The highest BCUT2D eigenvalue weighted by molar-refractivity contribution is 6.30. The van der Waals surface area contributed by atoms with Crippen LogP contribution in [-0.4, -0.2) is 45.4 Å². The maximum absolute atomic E-state index is 13.0.